The molecule has 0 spiro atoms. The van der Waals surface area contributed by atoms with Crippen LogP contribution in [0.2, 0.25) is 0 Å². The van der Waals surface area contributed by atoms with Gasteiger partial charge >= 0.3 is 0 Å². The maximum Gasteiger partial charge on any atom is 0.239 e. The van der Waals surface area contributed by atoms with Crippen LogP contribution in [-0.2, 0) is 4.79 Å². The van der Waals surface area contributed by atoms with Crippen LogP contribution in [0.3, 0.4) is 0 Å². The van der Waals surface area contributed by atoms with Gasteiger partial charge in [0.2, 0.25) is 5.91 Å². The summed E-state index contributed by atoms with van der Waals surface area (Å²) in [6.07, 6.45) is 0. The van der Waals surface area contributed by atoms with Crippen LogP contribution in [0.25, 0.3) is 0 Å². The molecule has 1 aromatic carbocycles. The Morgan fingerprint density at radius 3 is 2.71 bits per heavy atom. The van der Waals surface area contributed by atoms with Crippen LogP contribution in [0, 0.1) is 12.8 Å². The number of nitrogens with one attached hydrogen (secondary N) is 2. The van der Waals surface area contributed by atoms with Gasteiger partial charge in [0.1, 0.15) is 0 Å². The molecule has 0 unspecified atom stereocenters. The fourth-order valence-electron chi connectivity index (χ4n) is 1.32. The van der Waals surface area contributed by atoms with Crippen molar-refractivity contribution in [3.63, 3.8) is 0 Å². The van der Waals surface area contributed by atoms with Crippen LogP contribution in [0.1, 0.15) is 19.4 Å². The Bertz CT molecular complexity index is 391. The number of hydrogen-bond acceptors (Lipinski definition) is 2. The van der Waals surface area contributed by atoms with Crippen LogP contribution in [-0.4, -0.2) is 19.0 Å². The van der Waals surface area contributed by atoms with Crippen molar-refractivity contribution in [2.75, 3.05) is 18.4 Å². The number of rotatable bonds is 5. The molecule has 2 N–H and O–H groups in total. The van der Waals surface area contributed by atoms with Crippen molar-refractivity contribution in [1.29, 1.82) is 0 Å². The molecule has 0 aliphatic heterocycles. The second-order valence-electron chi connectivity index (χ2n) is 4.52. The van der Waals surface area contributed by atoms with E-state index >= 15 is 0 Å². The molecule has 0 heterocycles. The van der Waals surface area contributed by atoms with Crippen molar-refractivity contribution in [3.8, 4) is 0 Å². The second-order valence-corrected chi connectivity index (χ2v) is 5.37. The predicted molar refractivity (Wildman–Crippen MR) is 75.2 cm³/mol. The molecule has 94 valence electrons. The number of anilines is 1. The van der Waals surface area contributed by atoms with E-state index < -0.39 is 0 Å². The molecule has 1 amide bonds. The fourth-order valence-corrected chi connectivity index (χ4v) is 1.56. The molecule has 0 bridgehead atoms. The highest BCUT2D eigenvalue weighted by molar-refractivity contribution is 9.10. The van der Waals surface area contributed by atoms with Crippen LogP contribution < -0.4 is 10.6 Å². The first-order valence-corrected chi connectivity index (χ1v) is 6.55. The second kappa shape index (κ2) is 6.64. The van der Waals surface area contributed by atoms with Gasteiger partial charge in [0.15, 0.2) is 0 Å². The molecule has 1 rings (SSSR count). The van der Waals surface area contributed by atoms with Crippen LogP contribution in [0.5, 0.6) is 0 Å². The minimum Gasteiger partial charge on any atom is -0.376 e. The monoisotopic (exact) mass is 298 g/mol. The lowest BCUT2D eigenvalue weighted by atomic mass is 10.2. The van der Waals surface area contributed by atoms with E-state index in [1.54, 1.807) is 0 Å². The van der Waals surface area contributed by atoms with Gasteiger partial charge in [-0.2, -0.15) is 0 Å². The molecule has 0 aromatic heterocycles. The summed E-state index contributed by atoms with van der Waals surface area (Å²) in [5, 5.41) is 5.97. The van der Waals surface area contributed by atoms with Gasteiger partial charge in [-0.3, -0.25) is 4.79 Å². The Morgan fingerprint density at radius 1 is 1.41 bits per heavy atom. The third-order valence-electron chi connectivity index (χ3n) is 2.32. The van der Waals surface area contributed by atoms with Crippen molar-refractivity contribution >= 4 is 27.5 Å². The molecule has 0 saturated heterocycles. The quantitative estimate of drug-likeness (QED) is 0.877. The zero-order valence-corrected chi connectivity index (χ0v) is 12.1. The molecule has 0 radical (unpaired) electrons. The maximum atomic E-state index is 11.5. The topological polar surface area (TPSA) is 41.1 Å². The van der Waals surface area contributed by atoms with E-state index in [0.29, 0.717) is 12.5 Å². The molecule has 3 nitrogen and oxygen atoms in total. The van der Waals surface area contributed by atoms with E-state index in [1.165, 1.54) is 0 Å². The van der Waals surface area contributed by atoms with Crippen LogP contribution in [0.4, 0.5) is 5.69 Å². The van der Waals surface area contributed by atoms with Crippen molar-refractivity contribution in [3.05, 3.63) is 28.2 Å². The van der Waals surface area contributed by atoms with Gasteiger partial charge in [0, 0.05) is 16.7 Å². The Labute approximate surface area is 111 Å². The molecule has 0 atom stereocenters. The standard InChI is InChI=1S/C13H19BrN2O/c1-9(2)7-16-13(17)8-15-11-4-5-12(14)10(3)6-11/h4-6,9,15H,7-8H2,1-3H3,(H,16,17). The van der Waals surface area contributed by atoms with E-state index in [-0.39, 0.29) is 5.91 Å². The summed E-state index contributed by atoms with van der Waals surface area (Å²) in [5.41, 5.74) is 2.11. The summed E-state index contributed by atoms with van der Waals surface area (Å²) in [6.45, 7) is 7.21. The number of amides is 1. The molecule has 17 heavy (non-hydrogen) atoms. The van der Waals surface area contributed by atoms with Gasteiger partial charge in [-0.15, -0.1) is 0 Å². The molecule has 4 heteroatoms. The summed E-state index contributed by atoms with van der Waals surface area (Å²) in [5.74, 6) is 0.508. The fraction of sp³-hybridized carbons (Fsp3) is 0.462. The SMILES string of the molecule is Cc1cc(NCC(=O)NCC(C)C)ccc1Br. The third kappa shape index (κ3) is 5.22. The van der Waals surface area contributed by atoms with Gasteiger partial charge in [-0.25, -0.2) is 0 Å². The van der Waals surface area contributed by atoms with Crippen molar-refractivity contribution in [2.45, 2.75) is 20.8 Å². The third-order valence-corrected chi connectivity index (χ3v) is 3.21. The highest BCUT2D eigenvalue weighted by Crippen LogP contribution is 2.19. The Morgan fingerprint density at radius 2 is 2.12 bits per heavy atom. The zero-order valence-electron chi connectivity index (χ0n) is 10.5. The van der Waals surface area contributed by atoms with Crippen molar-refractivity contribution in [2.24, 2.45) is 5.92 Å². The van der Waals surface area contributed by atoms with Crippen molar-refractivity contribution in [1.82, 2.24) is 5.32 Å². The van der Waals surface area contributed by atoms with Gasteiger partial charge < -0.3 is 10.6 Å². The van der Waals surface area contributed by atoms with Crippen molar-refractivity contribution < 1.29 is 4.79 Å². The highest BCUT2D eigenvalue weighted by Gasteiger charge is 2.02. The van der Waals surface area contributed by atoms with Gasteiger partial charge in [-0.1, -0.05) is 29.8 Å². The number of carbonyl (C=O) groups excluding carboxylic acids is 1. The summed E-state index contributed by atoms with van der Waals surface area (Å²) in [6, 6.07) is 5.94. The predicted octanol–water partition coefficient (Wildman–Crippen LogP) is 2.94. The first-order valence-electron chi connectivity index (χ1n) is 5.75. The molecule has 0 saturated carbocycles. The summed E-state index contributed by atoms with van der Waals surface area (Å²) < 4.78 is 1.08. The molecular weight excluding hydrogens is 280 g/mol. The molecule has 0 fully saturated rings. The Hall–Kier alpha value is -1.03. The average Bonchev–Trinajstić information content (AvgIpc) is 2.28. The molecular formula is C13H19BrN2O. The first-order chi connectivity index (χ1) is 7.99. The lowest BCUT2D eigenvalue weighted by Gasteiger charge is -2.10. The van der Waals surface area contributed by atoms with E-state index in [2.05, 4.69) is 40.4 Å². The molecule has 1 aromatic rings. The largest absolute Gasteiger partial charge is 0.376 e. The highest BCUT2D eigenvalue weighted by atomic mass is 79.9. The maximum absolute atomic E-state index is 11.5. The molecule has 0 aliphatic rings. The van der Waals surface area contributed by atoms with E-state index in [4.69, 9.17) is 0 Å². The summed E-state index contributed by atoms with van der Waals surface area (Å²) in [7, 11) is 0. The smallest absolute Gasteiger partial charge is 0.239 e. The number of halogens is 1. The Balaban J connectivity index is 2.39. The number of benzene rings is 1. The normalized spacial score (nSPS) is 10.4. The van der Waals surface area contributed by atoms with Gasteiger partial charge in [0.25, 0.3) is 0 Å². The van der Waals surface area contributed by atoms with Crippen LogP contribution >= 0.6 is 15.9 Å². The lowest BCUT2D eigenvalue weighted by molar-refractivity contribution is -0.119. The number of carbonyl (C=O) groups is 1. The van der Waals surface area contributed by atoms with E-state index in [9.17, 15) is 4.79 Å². The minimum absolute atomic E-state index is 0.0271. The summed E-state index contributed by atoms with van der Waals surface area (Å²) >= 11 is 3.44. The first kappa shape index (κ1) is 14.0. The summed E-state index contributed by atoms with van der Waals surface area (Å²) in [4.78, 5) is 11.5. The minimum atomic E-state index is 0.0271. The van der Waals surface area contributed by atoms with E-state index in [1.807, 2.05) is 25.1 Å². The average molecular weight is 299 g/mol. The van der Waals surface area contributed by atoms with E-state index in [0.717, 1.165) is 22.3 Å². The molecule has 0 aliphatic carbocycles. The van der Waals surface area contributed by atoms with Crippen LogP contribution in [0.15, 0.2) is 22.7 Å². The number of hydrogen-bond donors (Lipinski definition) is 2. The van der Waals surface area contributed by atoms with Gasteiger partial charge in [-0.05, 0) is 36.6 Å². The zero-order chi connectivity index (χ0) is 12.8. The lowest BCUT2D eigenvalue weighted by Crippen LogP contribution is -2.32. The van der Waals surface area contributed by atoms with Gasteiger partial charge in [0.05, 0.1) is 6.54 Å². The Kier molecular flexibility index (Phi) is 5.48. The number of aryl methyl sites for hydroxylation is 1.